The van der Waals surface area contributed by atoms with Crippen molar-refractivity contribution in [2.75, 3.05) is 0 Å². The number of nitrogens with zero attached hydrogens (tertiary/aromatic N) is 3. The Balaban J connectivity index is 1.86. The van der Waals surface area contributed by atoms with Crippen molar-refractivity contribution < 1.29 is 4.52 Å². The van der Waals surface area contributed by atoms with Crippen LogP contribution in [0.25, 0.3) is 22.5 Å². The third-order valence-corrected chi connectivity index (χ3v) is 4.38. The summed E-state index contributed by atoms with van der Waals surface area (Å²) in [6.45, 7) is 0. The van der Waals surface area contributed by atoms with E-state index >= 15 is 0 Å². The molecular weight excluding hydrogens is 292 g/mol. The molecule has 23 heavy (non-hydrogen) atoms. The van der Waals surface area contributed by atoms with E-state index in [0.29, 0.717) is 22.8 Å². The molecule has 2 heterocycles. The van der Waals surface area contributed by atoms with E-state index in [-0.39, 0.29) is 11.1 Å². The first kappa shape index (κ1) is 13.7. The predicted molar refractivity (Wildman–Crippen MR) is 83.8 cm³/mol. The molecule has 0 unspecified atom stereocenters. The van der Waals surface area contributed by atoms with Crippen molar-refractivity contribution in [3.05, 3.63) is 45.9 Å². The quantitative estimate of drug-likeness (QED) is 0.784. The van der Waals surface area contributed by atoms with Gasteiger partial charge in [-0.2, -0.15) is 5.26 Å². The van der Waals surface area contributed by atoms with Gasteiger partial charge in [0.2, 0.25) is 5.58 Å². The van der Waals surface area contributed by atoms with Gasteiger partial charge in [-0.05, 0) is 37.1 Å². The van der Waals surface area contributed by atoms with Crippen molar-refractivity contribution in [3.8, 4) is 17.5 Å². The van der Waals surface area contributed by atoms with Gasteiger partial charge in [0, 0.05) is 11.5 Å². The van der Waals surface area contributed by atoms with Gasteiger partial charge >= 0.3 is 0 Å². The normalized spacial score (nSPS) is 15.1. The Morgan fingerprint density at radius 3 is 2.65 bits per heavy atom. The maximum Gasteiger partial charge on any atom is 0.297 e. The van der Waals surface area contributed by atoms with Crippen LogP contribution in [0.3, 0.4) is 0 Å². The van der Waals surface area contributed by atoms with Crippen LogP contribution in [-0.2, 0) is 0 Å². The molecule has 1 fully saturated rings. The molecule has 1 saturated carbocycles. The Labute approximate surface area is 131 Å². The molecule has 0 atom stereocenters. The summed E-state index contributed by atoms with van der Waals surface area (Å²) in [5.41, 5.74) is 2.52. The predicted octanol–water partition coefficient (Wildman–Crippen LogP) is 3.11. The van der Waals surface area contributed by atoms with Crippen LogP contribution in [0.4, 0.5) is 0 Å². The molecule has 6 heteroatoms. The van der Waals surface area contributed by atoms with Crippen LogP contribution in [0, 0.1) is 11.3 Å². The van der Waals surface area contributed by atoms with E-state index in [0.717, 1.165) is 24.1 Å². The third kappa shape index (κ3) is 2.30. The highest BCUT2D eigenvalue weighted by Crippen LogP contribution is 2.36. The van der Waals surface area contributed by atoms with Crippen molar-refractivity contribution in [3.63, 3.8) is 0 Å². The number of nitriles is 1. The number of aromatic nitrogens is 3. The smallest absolute Gasteiger partial charge is 0.297 e. The number of hydrogen-bond acceptors (Lipinski definition) is 5. The van der Waals surface area contributed by atoms with E-state index in [9.17, 15) is 4.79 Å². The molecule has 1 N–H and O–H groups in total. The topological polar surface area (TPSA) is 95.6 Å². The standard InChI is InChI=1S/C17H14N4O2/c18-9-10-5-7-12(8-6-10)16-19-14-13(11-3-1-2-4-11)21-23-15(14)17(22)20-16/h5-8,11H,1-4H2,(H,19,20,22). The fourth-order valence-corrected chi connectivity index (χ4v) is 3.17. The molecule has 1 aliphatic rings. The van der Waals surface area contributed by atoms with Gasteiger partial charge in [-0.1, -0.05) is 18.0 Å². The second kappa shape index (κ2) is 5.36. The van der Waals surface area contributed by atoms with E-state index in [4.69, 9.17) is 9.78 Å². The molecule has 114 valence electrons. The summed E-state index contributed by atoms with van der Waals surface area (Å²) < 4.78 is 5.22. The van der Waals surface area contributed by atoms with Crippen LogP contribution in [0.1, 0.15) is 42.9 Å². The van der Waals surface area contributed by atoms with Crippen molar-refractivity contribution in [2.45, 2.75) is 31.6 Å². The largest absolute Gasteiger partial charge is 0.348 e. The lowest BCUT2D eigenvalue weighted by atomic mass is 10.0. The lowest BCUT2D eigenvalue weighted by Gasteiger charge is -2.05. The molecule has 0 radical (unpaired) electrons. The molecule has 1 aromatic carbocycles. The second-order valence-electron chi connectivity index (χ2n) is 5.83. The average Bonchev–Trinajstić information content (AvgIpc) is 3.24. The summed E-state index contributed by atoms with van der Waals surface area (Å²) in [5, 5.41) is 13.0. The summed E-state index contributed by atoms with van der Waals surface area (Å²) in [5.74, 6) is 0.786. The highest BCUT2D eigenvalue weighted by atomic mass is 16.5. The number of H-pyrrole nitrogens is 1. The van der Waals surface area contributed by atoms with Gasteiger partial charge < -0.3 is 9.51 Å². The molecule has 0 bridgehead atoms. The zero-order valence-corrected chi connectivity index (χ0v) is 12.4. The average molecular weight is 306 g/mol. The van der Waals surface area contributed by atoms with Crippen molar-refractivity contribution in [1.29, 1.82) is 5.26 Å². The van der Waals surface area contributed by atoms with Gasteiger partial charge in [0.15, 0.2) is 0 Å². The molecule has 0 amide bonds. The summed E-state index contributed by atoms with van der Waals surface area (Å²) >= 11 is 0. The molecule has 0 saturated heterocycles. The van der Waals surface area contributed by atoms with Crippen molar-refractivity contribution in [2.24, 2.45) is 0 Å². The lowest BCUT2D eigenvalue weighted by Crippen LogP contribution is -2.09. The fourth-order valence-electron chi connectivity index (χ4n) is 3.17. The molecule has 6 nitrogen and oxygen atoms in total. The molecule has 0 aliphatic heterocycles. The van der Waals surface area contributed by atoms with Gasteiger partial charge in [0.1, 0.15) is 17.0 Å². The van der Waals surface area contributed by atoms with E-state index in [1.165, 1.54) is 12.8 Å². The molecule has 2 aromatic heterocycles. The van der Waals surface area contributed by atoms with E-state index in [2.05, 4.69) is 21.2 Å². The highest BCUT2D eigenvalue weighted by Gasteiger charge is 2.25. The van der Waals surface area contributed by atoms with E-state index in [1.807, 2.05) is 0 Å². The number of benzene rings is 1. The molecular formula is C17H14N4O2. The summed E-state index contributed by atoms with van der Waals surface area (Å²) in [7, 11) is 0. The lowest BCUT2D eigenvalue weighted by molar-refractivity contribution is 0.434. The molecule has 4 rings (SSSR count). The Morgan fingerprint density at radius 1 is 1.22 bits per heavy atom. The first-order chi connectivity index (χ1) is 11.3. The van der Waals surface area contributed by atoms with Crippen LogP contribution >= 0.6 is 0 Å². The summed E-state index contributed by atoms with van der Waals surface area (Å²) in [4.78, 5) is 19.5. The summed E-state index contributed by atoms with van der Waals surface area (Å²) in [6.07, 6.45) is 4.46. The first-order valence-corrected chi connectivity index (χ1v) is 7.66. The Morgan fingerprint density at radius 2 is 1.96 bits per heavy atom. The van der Waals surface area contributed by atoms with E-state index < -0.39 is 0 Å². The number of nitrogens with one attached hydrogen (secondary N) is 1. The van der Waals surface area contributed by atoms with Crippen LogP contribution in [0.5, 0.6) is 0 Å². The Hall–Kier alpha value is -2.94. The van der Waals surface area contributed by atoms with Crippen molar-refractivity contribution >= 4 is 11.1 Å². The number of rotatable bonds is 2. The number of aromatic amines is 1. The minimum Gasteiger partial charge on any atom is -0.348 e. The third-order valence-electron chi connectivity index (χ3n) is 4.38. The van der Waals surface area contributed by atoms with Gasteiger partial charge in [0.05, 0.1) is 11.6 Å². The zero-order valence-electron chi connectivity index (χ0n) is 12.4. The maximum atomic E-state index is 12.2. The van der Waals surface area contributed by atoms with Crippen LogP contribution in [-0.4, -0.2) is 15.1 Å². The Kier molecular flexibility index (Phi) is 3.19. The van der Waals surface area contributed by atoms with Gasteiger partial charge in [0.25, 0.3) is 5.56 Å². The van der Waals surface area contributed by atoms with E-state index in [1.54, 1.807) is 24.3 Å². The fraction of sp³-hybridized carbons (Fsp3) is 0.294. The van der Waals surface area contributed by atoms with Crippen LogP contribution in [0.2, 0.25) is 0 Å². The minimum absolute atomic E-state index is 0.185. The zero-order chi connectivity index (χ0) is 15.8. The monoisotopic (exact) mass is 306 g/mol. The Bertz CT molecular complexity index is 957. The number of hydrogen-bond donors (Lipinski definition) is 1. The highest BCUT2D eigenvalue weighted by molar-refractivity contribution is 5.76. The summed E-state index contributed by atoms with van der Waals surface area (Å²) in [6, 6.07) is 9.01. The van der Waals surface area contributed by atoms with Crippen molar-refractivity contribution in [1.82, 2.24) is 15.1 Å². The molecule has 0 spiro atoms. The first-order valence-electron chi connectivity index (χ1n) is 7.66. The van der Waals surface area contributed by atoms with Crippen LogP contribution < -0.4 is 5.56 Å². The number of fused-ring (bicyclic) bond motifs is 1. The maximum absolute atomic E-state index is 12.2. The second-order valence-corrected chi connectivity index (χ2v) is 5.83. The molecule has 3 aromatic rings. The minimum atomic E-state index is -0.328. The van der Waals surface area contributed by atoms with Crippen LogP contribution in [0.15, 0.2) is 33.6 Å². The van der Waals surface area contributed by atoms with Gasteiger partial charge in [-0.15, -0.1) is 0 Å². The van der Waals surface area contributed by atoms with Gasteiger partial charge in [-0.3, -0.25) is 4.79 Å². The SMILES string of the molecule is N#Cc1ccc(-c2nc3c(C4CCCC4)noc3c(=O)[nH]2)cc1. The van der Waals surface area contributed by atoms with Gasteiger partial charge in [-0.25, -0.2) is 4.98 Å². The molecule has 1 aliphatic carbocycles.